The summed E-state index contributed by atoms with van der Waals surface area (Å²) >= 11 is 0. The Balaban J connectivity index is 2.64. The van der Waals surface area contributed by atoms with Crippen molar-refractivity contribution in [2.45, 2.75) is 47.5 Å². The van der Waals surface area contributed by atoms with Crippen LogP contribution in [0, 0.1) is 10.8 Å². The highest BCUT2D eigenvalue weighted by Crippen LogP contribution is 2.31. The van der Waals surface area contributed by atoms with Crippen molar-refractivity contribution >= 4 is 11.9 Å². The predicted molar refractivity (Wildman–Crippen MR) is 74.8 cm³/mol. The zero-order valence-electron chi connectivity index (χ0n) is 12.6. The van der Waals surface area contributed by atoms with E-state index >= 15 is 0 Å². The molecule has 0 saturated carbocycles. The van der Waals surface area contributed by atoms with Crippen LogP contribution in [0.1, 0.15) is 47.5 Å². The van der Waals surface area contributed by atoms with E-state index in [4.69, 9.17) is 5.11 Å². The second-order valence-corrected chi connectivity index (χ2v) is 6.93. The molecule has 1 rings (SSSR count). The average Bonchev–Trinajstić information content (AvgIpc) is 2.27. The number of hydrogen-bond acceptors (Lipinski definition) is 2. The van der Waals surface area contributed by atoms with Gasteiger partial charge in [0, 0.05) is 19.5 Å². The van der Waals surface area contributed by atoms with Crippen LogP contribution in [0.4, 0.5) is 0 Å². The lowest BCUT2D eigenvalue weighted by molar-refractivity contribution is -0.151. The molecule has 0 aromatic rings. The Morgan fingerprint density at radius 2 is 1.84 bits per heavy atom. The van der Waals surface area contributed by atoms with Crippen LogP contribution in [0.15, 0.2) is 11.6 Å². The second-order valence-electron chi connectivity index (χ2n) is 6.93. The summed E-state index contributed by atoms with van der Waals surface area (Å²) in [5.41, 5.74) is 0.523. The van der Waals surface area contributed by atoms with Crippen molar-refractivity contribution in [2.24, 2.45) is 10.8 Å². The quantitative estimate of drug-likeness (QED) is 0.800. The molecule has 1 aliphatic rings. The lowest BCUT2D eigenvalue weighted by Gasteiger charge is -2.33. The molecule has 0 aliphatic carbocycles. The van der Waals surface area contributed by atoms with Gasteiger partial charge in [0.1, 0.15) is 0 Å². The lowest BCUT2D eigenvalue weighted by atomic mass is 9.82. The Morgan fingerprint density at radius 1 is 1.26 bits per heavy atom. The minimum absolute atomic E-state index is 0.0566. The molecule has 0 atom stereocenters. The standard InChI is InChI=1S/C15H25NO3/c1-14(2,3)11-6-8-16(9-7-11)12(17)10-15(4,5)13(18)19/h6H,7-10H2,1-5H3,(H,18,19). The molecule has 1 N–H and O–H groups in total. The maximum Gasteiger partial charge on any atom is 0.309 e. The SMILES string of the molecule is CC(C)(C)C1=CCN(C(=O)CC(C)(C)C(=O)O)CC1. The average molecular weight is 267 g/mol. The first-order valence-corrected chi connectivity index (χ1v) is 6.75. The van der Waals surface area contributed by atoms with E-state index in [-0.39, 0.29) is 17.7 Å². The van der Waals surface area contributed by atoms with E-state index in [9.17, 15) is 9.59 Å². The number of nitrogens with zero attached hydrogens (tertiary/aromatic N) is 1. The van der Waals surface area contributed by atoms with E-state index in [0.717, 1.165) is 6.42 Å². The maximum atomic E-state index is 12.1. The molecule has 0 unspecified atom stereocenters. The number of carbonyl (C=O) groups excluding carboxylic acids is 1. The molecule has 0 saturated heterocycles. The number of rotatable bonds is 3. The van der Waals surface area contributed by atoms with Gasteiger partial charge < -0.3 is 10.0 Å². The van der Waals surface area contributed by atoms with Crippen molar-refractivity contribution in [3.05, 3.63) is 11.6 Å². The summed E-state index contributed by atoms with van der Waals surface area (Å²) in [6.45, 7) is 11.0. The van der Waals surface area contributed by atoms with Crippen molar-refractivity contribution in [3.8, 4) is 0 Å². The van der Waals surface area contributed by atoms with Crippen LogP contribution in [-0.2, 0) is 9.59 Å². The van der Waals surface area contributed by atoms with E-state index in [1.54, 1.807) is 18.7 Å². The smallest absolute Gasteiger partial charge is 0.309 e. The number of carboxylic acids is 1. The topological polar surface area (TPSA) is 57.6 Å². The molecule has 1 aliphatic heterocycles. The Morgan fingerprint density at radius 3 is 2.21 bits per heavy atom. The summed E-state index contributed by atoms with van der Waals surface area (Å²) in [6.07, 6.45) is 3.04. The molecule has 0 bridgehead atoms. The molecule has 1 heterocycles. The second kappa shape index (κ2) is 5.35. The van der Waals surface area contributed by atoms with Crippen LogP contribution < -0.4 is 0 Å². The Labute approximate surface area is 115 Å². The first-order valence-electron chi connectivity index (χ1n) is 6.75. The summed E-state index contributed by atoms with van der Waals surface area (Å²) in [4.78, 5) is 24.9. The third-order valence-corrected chi connectivity index (χ3v) is 3.70. The number of hydrogen-bond donors (Lipinski definition) is 1. The van der Waals surface area contributed by atoms with E-state index in [1.807, 2.05) is 0 Å². The van der Waals surface area contributed by atoms with E-state index in [2.05, 4.69) is 26.8 Å². The molecule has 0 fully saturated rings. The van der Waals surface area contributed by atoms with Crippen LogP contribution in [0.25, 0.3) is 0 Å². The van der Waals surface area contributed by atoms with Crippen molar-refractivity contribution in [2.75, 3.05) is 13.1 Å². The molecule has 0 aromatic heterocycles. The summed E-state index contributed by atoms with van der Waals surface area (Å²) in [7, 11) is 0. The summed E-state index contributed by atoms with van der Waals surface area (Å²) in [5, 5.41) is 9.05. The van der Waals surface area contributed by atoms with Gasteiger partial charge in [-0.2, -0.15) is 0 Å². The highest BCUT2D eigenvalue weighted by atomic mass is 16.4. The van der Waals surface area contributed by atoms with Gasteiger partial charge in [0.15, 0.2) is 0 Å². The molecule has 0 aromatic carbocycles. The Kier molecular flexibility index (Phi) is 4.43. The summed E-state index contributed by atoms with van der Waals surface area (Å²) < 4.78 is 0. The monoisotopic (exact) mass is 267 g/mol. The fraction of sp³-hybridized carbons (Fsp3) is 0.733. The zero-order chi connectivity index (χ0) is 14.8. The minimum atomic E-state index is -0.995. The fourth-order valence-electron chi connectivity index (χ4n) is 2.14. The summed E-state index contributed by atoms with van der Waals surface area (Å²) in [6, 6.07) is 0. The molecule has 0 spiro atoms. The number of carbonyl (C=O) groups is 2. The van der Waals surface area contributed by atoms with Crippen molar-refractivity contribution in [1.29, 1.82) is 0 Å². The van der Waals surface area contributed by atoms with Crippen LogP contribution in [-0.4, -0.2) is 35.0 Å². The van der Waals surface area contributed by atoms with Crippen LogP contribution in [0.3, 0.4) is 0 Å². The van der Waals surface area contributed by atoms with Gasteiger partial charge in [0.25, 0.3) is 0 Å². The molecule has 0 radical (unpaired) electrons. The Hall–Kier alpha value is -1.32. The van der Waals surface area contributed by atoms with Crippen LogP contribution in [0.2, 0.25) is 0 Å². The molecule has 19 heavy (non-hydrogen) atoms. The largest absolute Gasteiger partial charge is 0.481 e. The number of carboxylic acid groups (broad SMARTS) is 1. The number of amides is 1. The van der Waals surface area contributed by atoms with Crippen LogP contribution >= 0.6 is 0 Å². The van der Waals surface area contributed by atoms with Gasteiger partial charge >= 0.3 is 5.97 Å². The zero-order valence-corrected chi connectivity index (χ0v) is 12.6. The van der Waals surface area contributed by atoms with Gasteiger partial charge in [-0.3, -0.25) is 9.59 Å². The van der Waals surface area contributed by atoms with Gasteiger partial charge in [-0.1, -0.05) is 32.4 Å². The van der Waals surface area contributed by atoms with Gasteiger partial charge in [0.2, 0.25) is 5.91 Å². The van der Waals surface area contributed by atoms with Crippen molar-refractivity contribution in [1.82, 2.24) is 4.90 Å². The summed E-state index contributed by atoms with van der Waals surface area (Å²) in [5.74, 6) is -1.000. The van der Waals surface area contributed by atoms with Crippen molar-refractivity contribution in [3.63, 3.8) is 0 Å². The molecule has 108 valence electrons. The van der Waals surface area contributed by atoms with Crippen LogP contribution in [0.5, 0.6) is 0 Å². The van der Waals surface area contributed by atoms with Gasteiger partial charge in [-0.25, -0.2) is 0 Å². The highest BCUT2D eigenvalue weighted by Gasteiger charge is 2.33. The molecule has 1 amide bonds. The lowest BCUT2D eigenvalue weighted by Crippen LogP contribution is -2.40. The van der Waals surface area contributed by atoms with Gasteiger partial charge in [-0.05, 0) is 25.7 Å². The van der Waals surface area contributed by atoms with E-state index in [0.29, 0.717) is 13.1 Å². The normalized spacial score (nSPS) is 17.1. The first kappa shape index (κ1) is 15.7. The molecular weight excluding hydrogens is 242 g/mol. The third kappa shape index (κ3) is 4.08. The molecule has 4 heteroatoms. The minimum Gasteiger partial charge on any atom is -0.481 e. The van der Waals surface area contributed by atoms with E-state index in [1.165, 1.54) is 5.57 Å². The van der Waals surface area contributed by atoms with Gasteiger partial charge in [-0.15, -0.1) is 0 Å². The van der Waals surface area contributed by atoms with E-state index < -0.39 is 11.4 Å². The first-order chi connectivity index (χ1) is 8.54. The fourth-order valence-corrected chi connectivity index (χ4v) is 2.14. The highest BCUT2D eigenvalue weighted by molar-refractivity contribution is 5.84. The number of aliphatic carboxylic acids is 1. The predicted octanol–water partition coefficient (Wildman–Crippen LogP) is 2.69. The van der Waals surface area contributed by atoms with Crippen molar-refractivity contribution < 1.29 is 14.7 Å². The molecular formula is C15H25NO3. The Bertz CT molecular complexity index is 402. The van der Waals surface area contributed by atoms with Gasteiger partial charge in [0.05, 0.1) is 5.41 Å². The molecule has 4 nitrogen and oxygen atoms in total. The third-order valence-electron chi connectivity index (χ3n) is 3.70. The maximum absolute atomic E-state index is 12.1.